The molecule has 100 valence electrons. The summed E-state index contributed by atoms with van der Waals surface area (Å²) in [5.41, 5.74) is 3.49. The third-order valence-electron chi connectivity index (χ3n) is 3.55. The van der Waals surface area contributed by atoms with Crippen LogP contribution in [0.1, 0.15) is 30.1 Å². The standard InChI is InChI=1S/C14H17N3OS/c1-9-6-11(4-5-15-9)17-14(18)10-2-3-12-13(7-10)19-8-16-12/h2-3,7-9,11,15H,4-6H2,1H3,(H,17,18). The van der Waals surface area contributed by atoms with E-state index in [1.165, 1.54) is 0 Å². The minimum absolute atomic E-state index is 0.0226. The molecule has 0 saturated carbocycles. The molecule has 0 spiro atoms. The zero-order chi connectivity index (χ0) is 13.2. The van der Waals surface area contributed by atoms with E-state index in [9.17, 15) is 4.79 Å². The first kappa shape index (κ1) is 12.6. The van der Waals surface area contributed by atoms with Crippen LogP contribution in [0.2, 0.25) is 0 Å². The summed E-state index contributed by atoms with van der Waals surface area (Å²) in [6.45, 7) is 3.13. The average molecular weight is 275 g/mol. The second kappa shape index (κ2) is 5.27. The summed E-state index contributed by atoms with van der Waals surface area (Å²) in [6, 6.07) is 6.43. The van der Waals surface area contributed by atoms with Gasteiger partial charge in [0.2, 0.25) is 0 Å². The Hall–Kier alpha value is -1.46. The summed E-state index contributed by atoms with van der Waals surface area (Å²) in [6.07, 6.45) is 1.99. The van der Waals surface area contributed by atoms with Crippen molar-refractivity contribution in [2.45, 2.75) is 31.8 Å². The molecule has 2 unspecified atom stereocenters. The Balaban J connectivity index is 1.72. The maximum absolute atomic E-state index is 12.2. The van der Waals surface area contributed by atoms with Gasteiger partial charge in [0, 0.05) is 17.6 Å². The number of hydrogen-bond donors (Lipinski definition) is 2. The lowest BCUT2D eigenvalue weighted by Crippen LogP contribution is -2.46. The molecule has 0 aliphatic carbocycles. The van der Waals surface area contributed by atoms with Crippen molar-refractivity contribution in [3.63, 3.8) is 0 Å². The number of carbonyl (C=O) groups excluding carboxylic acids is 1. The summed E-state index contributed by atoms with van der Waals surface area (Å²) >= 11 is 1.56. The fourth-order valence-corrected chi connectivity index (χ4v) is 3.24. The van der Waals surface area contributed by atoms with Crippen LogP contribution in [0.25, 0.3) is 10.2 Å². The quantitative estimate of drug-likeness (QED) is 0.883. The van der Waals surface area contributed by atoms with Crippen molar-refractivity contribution < 1.29 is 4.79 Å². The number of rotatable bonds is 2. The molecule has 1 aromatic carbocycles. The van der Waals surface area contributed by atoms with Crippen molar-refractivity contribution in [1.29, 1.82) is 0 Å². The summed E-state index contributed by atoms with van der Waals surface area (Å²) < 4.78 is 1.06. The Bertz CT molecular complexity index is 595. The largest absolute Gasteiger partial charge is 0.349 e. The zero-order valence-electron chi connectivity index (χ0n) is 10.8. The highest BCUT2D eigenvalue weighted by Crippen LogP contribution is 2.19. The van der Waals surface area contributed by atoms with Crippen LogP contribution in [-0.2, 0) is 0 Å². The molecule has 1 fully saturated rings. The molecule has 1 aromatic heterocycles. The van der Waals surface area contributed by atoms with Gasteiger partial charge < -0.3 is 10.6 Å². The molecule has 2 atom stereocenters. The van der Waals surface area contributed by atoms with Gasteiger partial charge in [-0.25, -0.2) is 4.98 Å². The van der Waals surface area contributed by atoms with Crippen molar-refractivity contribution in [2.75, 3.05) is 6.54 Å². The minimum Gasteiger partial charge on any atom is -0.349 e. The van der Waals surface area contributed by atoms with Crippen molar-refractivity contribution in [1.82, 2.24) is 15.6 Å². The number of benzene rings is 1. The topological polar surface area (TPSA) is 54.0 Å². The summed E-state index contributed by atoms with van der Waals surface area (Å²) in [7, 11) is 0. The van der Waals surface area contributed by atoms with E-state index >= 15 is 0 Å². The Morgan fingerprint density at radius 3 is 3.26 bits per heavy atom. The summed E-state index contributed by atoms with van der Waals surface area (Å²) in [5, 5.41) is 6.52. The minimum atomic E-state index is 0.0226. The van der Waals surface area contributed by atoms with E-state index in [4.69, 9.17) is 0 Å². The predicted molar refractivity (Wildman–Crippen MR) is 77.6 cm³/mol. The number of hydrogen-bond acceptors (Lipinski definition) is 4. The van der Waals surface area contributed by atoms with E-state index in [1.54, 1.807) is 16.8 Å². The molecular weight excluding hydrogens is 258 g/mol. The van der Waals surface area contributed by atoms with Gasteiger partial charge in [-0.1, -0.05) is 0 Å². The molecule has 5 heteroatoms. The van der Waals surface area contributed by atoms with E-state index in [1.807, 2.05) is 18.2 Å². The van der Waals surface area contributed by atoms with Gasteiger partial charge in [0.05, 0.1) is 15.7 Å². The van der Waals surface area contributed by atoms with Gasteiger partial charge in [0.25, 0.3) is 5.91 Å². The van der Waals surface area contributed by atoms with Gasteiger partial charge in [-0.05, 0) is 44.5 Å². The number of amides is 1. The number of nitrogens with one attached hydrogen (secondary N) is 2. The summed E-state index contributed by atoms with van der Waals surface area (Å²) in [4.78, 5) is 16.5. The molecule has 19 heavy (non-hydrogen) atoms. The highest BCUT2D eigenvalue weighted by atomic mass is 32.1. The Kier molecular flexibility index (Phi) is 3.48. The molecule has 1 saturated heterocycles. The lowest BCUT2D eigenvalue weighted by atomic mass is 10.0. The molecule has 0 radical (unpaired) electrons. The third kappa shape index (κ3) is 2.77. The van der Waals surface area contributed by atoms with Crippen molar-refractivity contribution in [3.05, 3.63) is 29.3 Å². The molecule has 3 rings (SSSR count). The first-order valence-electron chi connectivity index (χ1n) is 6.60. The normalized spacial score (nSPS) is 23.4. The number of aromatic nitrogens is 1. The molecule has 2 N–H and O–H groups in total. The van der Waals surface area contributed by atoms with Crippen molar-refractivity contribution >= 4 is 27.5 Å². The molecule has 1 aliphatic heterocycles. The monoisotopic (exact) mass is 275 g/mol. The highest BCUT2D eigenvalue weighted by molar-refractivity contribution is 7.16. The molecule has 4 nitrogen and oxygen atoms in total. The zero-order valence-corrected chi connectivity index (χ0v) is 11.7. The van der Waals surface area contributed by atoms with Crippen LogP contribution in [0.5, 0.6) is 0 Å². The SMILES string of the molecule is CC1CC(NC(=O)c2ccc3ncsc3c2)CCN1. The number of piperidine rings is 1. The summed E-state index contributed by atoms with van der Waals surface area (Å²) in [5.74, 6) is 0.0226. The maximum Gasteiger partial charge on any atom is 0.251 e. The first-order chi connectivity index (χ1) is 9.22. The lowest BCUT2D eigenvalue weighted by Gasteiger charge is -2.28. The molecule has 0 bridgehead atoms. The fourth-order valence-electron chi connectivity index (χ4n) is 2.53. The molecule has 1 amide bonds. The average Bonchev–Trinajstić information content (AvgIpc) is 2.85. The highest BCUT2D eigenvalue weighted by Gasteiger charge is 2.20. The van der Waals surface area contributed by atoms with Crippen molar-refractivity contribution in [2.24, 2.45) is 0 Å². The number of nitrogens with zero attached hydrogens (tertiary/aromatic N) is 1. The van der Waals surface area contributed by atoms with E-state index < -0.39 is 0 Å². The van der Waals surface area contributed by atoms with E-state index in [-0.39, 0.29) is 11.9 Å². The van der Waals surface area contributed by atoms with Gasteiger partial charge in [0.15, 0.2) is 0 Å². The van der Waals surface area contributed by atoms with Crippen LogP contribution in [0, 0.1) is 0 Å². The Morgan fingerprint density at radius 2 is 2.42 bits per heavy atom. The number of thiazole rings is 1. The second-order valence-corrected chi connectivity index (χ2v) is 5.97. The van der Waals surface area contributed by atoms with E-state index in [2.05, 4.69) is 22.5 Å². The van der Waals surface area contributed by atoms with Crippen LogP contribution in [0.3, 0.4) is 0 Å². The Labute approximate surface area is 116 Å². The second-order valence-electron chi connectivity index (χ2n) is 5.08. The van der Waals surface area contributed by atoms with Crippen LogP contribution in [0.4, 0.5) is 0 Å². The van der Waals surface area contributed by atoms with E-state index in [0.29, 0.717) is 6.04 Å². The van der Waals surface area contributed by atoms with Gasteiger partial charge in [0.1, 0.15) is 0 Å². The number of fused-ring (bicyclic) bond motifs is 1. The van der Waals surface area contributed by atoms with Gasteiger partial charge in [-0.3, -0.25) is 4.79 Å². The van der Waals surface area contributed by atoms with Crippen LogP contribution < -0.4 is 10.6 Å². The van der Waals surface area contributed by atoms with Crippen LogP contribution in [-0.4, -0.2) is 29.5 Å². The first-order valence-corrected chi connectivity index (χ1v) is 7.48. The van der Waals surface area contributed by atoms with E-state index in [0.717, 1.165) is 35.2 Å². The van der Waals surface area contributed by atoms with Crippen LogP contribution >= 0.6 is 11.3 Å². The fraction of sp³-hybridized carbons (Fsp3) is 0.429. The molecular formula is C14H17N3OS. The Morgan fingerprint density at radius 1 is 1.53 bits per heavy atom. The molecule has 2 heterocycles. The van der Waals surface area contributed by atoms with Gasteiger partial charge in [-0.15, -0.1) is 11.3 Å². The maximum atomic E-state index is 12.2. The lowest BCUT2D eigenvalue weighted by molar-refractivity contribution is 0.0926. The van der Waals surface area contributed by atoms with Gasteiger partial charge in [-0.2, -0.15) is 0 Å². The number of carbonyl (C=O) groups is 1. The predicted octanol–water partition coefficient (Wildman–Crippen LogP) is 2.17. The third-order valence-corrected chi connectivity index (χ3v) is 4.34. The molecule has 1 aliphatic rings. The van der Waals surface area contributed by atoms with Gasteiger partial charge >= 0.3 is 0 Å². The van der Waals surface area contributed by atoms with Crippen LogP contribution in [0.15, 0.2) is 23.7 Å². The molecule has 2 aromatic rings. The smallest absolute Gasteiger partial charge is 0.251 e. The van der Waals surface area contributed by atoms with Crippen molar-refractivity contribution in [3.8, 4) is 0 Å².